The van der Waals surface area contributed by atoms with Crippen molar-refractivity contribution in [3.05, 3.63) is 53.1 Å². The molecule has 3 rings (SSSR count). The third kappa shape index (κ3) is 2.04. The molecule has 2 N–H and O–H groups in total. The largest absolute Gasteiger partial charge is 0.324 e. The predicted molar refractivity (Wildman–Crippen MR) is 67.6 cm³/mol. The second-order valence-electron chi connectivity index (χ2n) is 4.83. The average molecular weight is 245 g/mol. The van der Waals surface area contributed by atoms with Gasteiger partial charge in [-0.05, 0) is 37.0 Å². The fourth-order valence-corrected chi connectivity index (χ4v) is 2.55. The Hall–Kier alpha value is -1.68. The first-order valence-electron chi connectivity index (χ1n) is 6.28. The number of halogens is 1. The first-order chi connectivity index (χ1) is 8.74. The molecule has 0 bridgehead atoms. The summed E-state index contributed by atoms with van der Waals surface area (Å²) in [6.07, 6.45) is 5.06. The maximum Gasteiger partial charge on any atom is 0.123 e. The molecule has 0 fully saturated rings. The molecule has 0 saturated carbocycles. The molecule has 0 aliphatic heterocycles. The topological polar surface area (TPSA) is 43.8 Å². The van der Waals surface area contributed by atoms with Crippen molar-refractivity contribution in [2.45, 2.75) is 31.8 Å². The van der Waals surface area contributed by atoms with Crippen LogP contribution in [0.1, 0.15) is 35.7 Å². The van der Waals surface area contributed by atoms with E-state index in [9.17, 15) is 4.39 Å². The summed E-state index contributed by atoms with van der Waals surface area (Å²) in [4.78, 5) is 0. The van der Waals surface area contributed by atoms with E-state index in [1.165, 1.54) is 23.4 Å². The van der Waals surface area contributed by atoms with Crippen molar-refractivity contribution in [2.24, 2.45) is 5.73 Å². The van der Waals surface area contributed by atoms with Crippen LogP contribution in [0.3, 0.4) is 0 Å². The molecule has 18 heavy (non-hydrogen) atoms. The highest BCUT2D eigenvalue weighted by molar-refractivity contribution is 5.26. The Bertz CT molecular complexity index is 545. The van der Waals surface area contributed by atoms with Crippen molar-refractivity contribution >= 4 is 0 Å². The van der Waals surface area contributed by atoms with E-state index in [1.807, 2.05) is 10.9 Å². The van der Waals surface area contributed by atoms with Crippen LogP contribution in [0.25, 0.3) is 0 Å². The molecule has 2 aromatic rings. The highest BCUT2D eigenvalue weighted by Crippen LogP contribution is 2.27. The van der Waals surface area contributed by atoms with Gasteiger partial charge in [-0.1, -0.05) is 12.1 Å². The summed E-state index contributed by atoms with van der Waals surface area (Å²) in [6.45, 7) is 0.683. The molecule has 0 radical (unpaired) electrons. The molecule has 1 heterocycles. The lowest BCUT2D eigenvalue weighted by Gasteiger charge is -2.19. The number of nitrogens with zero attached hydrogens (tertiary/aromatic N) is 2. The van der Waals surface area contributed by atoms with Gasteiger partial charge in [-0.2, -0.15) is 5.10 Å². The quantitative estimate of drug-likeness (QED) is 0.883. The molecule has 0 spiro atoms. The zero-order chi connectivity index (χ0) is 12.5. The normalized spacial score (nSPS) is 18.7. The van der Waals surface area contributed by atoms with Crippen molar-refractivity contribution in [1.29, 1.82) is 0 Å². The predicted octanol–water partition coefficient (Wildman–Crippen LogP) is 2.41. The molecule has 4 heteroatoms. The minimum absolute atomic E-state index is 0.121. The van der Waals surface area contributed by atoms with E-state index >= 15 is 0 Å². The van der Waals surface area contributed by atoms with Gasteiger partial charge in [-0.3, -0.25) is 4.68 Å². The molecule has 1 aliphatic rings. The van der Waals surface area contributed by atoms with Gasteiger partial charge in [0.2, 0.25) is 0 Å². The minimum atomic E-state index is -0.205. The van der Waals surface area contributed by atoms with Gasteiger partial charge < -0.3 is 5.73 Å². The molecule has 94 valence electrons. The van der Waals surface area contributed by atoms with Crippen LogP contribution >= 0.6 is 0 Å². The third-order valence-electron chi connectivity index (χ3n) is 3.55. The Labute approximate surface area is 105 Å². The van der Waals surface area contributed by atoms with E-state index in [1.54, 1.807) is 12.1 Å². The van der Waals surface area contributed by atoms with E-state index in [4.69, 9.17) is 5.73 Å². The van der Waals surface area contributed by atoms with E-state index in [2.05, 4.69) is 5.10 Å². The second kappa shape index (κ2) is 4.53. The van der Waals surface area contributed by atoms with Gasteiger partial charge in [0.05, 0.1) is 12.7 Å². The summed E-state index contributed by atoms with van der Waals surface area (Å²) in [5.41, 5.74) is 9.53. The van der Waals surface area contributed by atoms with Crippen molar-refractivity contribution in [1.82, 2.24) is 9.78 Å². The number of fused-ring (bicyclic) bond motifs is 1. The van der Waals surface area contributed by atoms with Gasteiger partial charge in [0, 0.05) is 17.3 Å². The number of rotatable bonds is 2. The molecule has 3 nitrogen and oxygen atoms in total. The number of hydrogen-bond acceptors (Lipinski definition) is 2. The summed E-state index contributed by atoms with van der Waals surface area (Å²) < 4.78 is 14.8. The van der Waals surface area contributed by atoms with E-state index < -0.39 is 0 Å². The SMILES string of the molecule is NC1CCCc2c1cnn2Cc1ccc(F)cc1. The number of aromatic nitrogens is 2. The van der Waals surface area contributed by atoms with Gasteiger partial charge in [0.15, 0.2) is 0 Å². The minimum Gasteiger partial charge on any atom is -0.324 e. The molecular weight excluding hydrogens is 229 g/mol. The highest BCUT2D eigenvalue weighted by atomic mass is 19.1. The van der Waals surface area contributed by atoms with Crippen molar-refractivity contribution < 1.29 is 4.39 Å². The molecule has 1 aromatic heterocycles. The Morgan fingerprint density at radius 3 is 2.89 bits per heavy atom. The summed E-state index contributed by atoms with van der Waals surface area (Å²) in [5.74, 6) is -0.205. The van der Waals surface area contributed by atoms with Gasteiger partial charge in [-0.25, -0.2) is 4.39 Å². The molecule has 1 aromatic carbocycles. The second-order valence-corrected chi connectivity index (χ2v) is 4.83. The van der Waals surface area contributed by atoms with Gasteiger partial charge in [-0.15, -0.1) is 0 Å². The monoisotopic (exact) mass is 245 g/mol. The number of nitrogens with two attached hydrogens (primary N) is 1. The highest BCUT2D eigenvalue weighted by Gasteiger charge is 2.21. The first kappa shape index (κ1) is 11.4. The van der Waals surface area contributed by atoms with Crippen molar-refractivity contribution in [3.8, 4) is 0 Å². The average Bonchev–Trinajstić information content (AvgIpc) is 2.77. The number of benzene rings is 1. The van der Waals surface area contributed by atoms with Crippen LogP contribution in [0.4, 0.5) is 4.39 Å². The summed E-state index contributed by atoms with van der Waals surface area (Å²) in [6, 6.07) is 6.68. The van der Waals surface area contributed by atoms with Crippen LogP contribution < -0.4 is 5.73 Å². The molecular formula is C14H16FN3. The Kier molecular flexibility index (Phi) is 2.88. The first-order valence-corrected chi connectivity index (χ1v) is 6.28. The maximum atomic E-state index is 12.9. The van der Waals surface area contributed by atoms with Crippen LogP contribution in [-0.2, 0) is 13.0 Å². The standard InChI is InChI=1S/C14H16FN3/c15-11-6-4-10(5-7-11)9-18-14-3-1-2-13(16)12(14)8-17-18/h4-8,13H,1-3,9,16H2. The zero-order valence-corrected chi connectivity index (χ0v) is 10.1. The van der Waals surface area contributed by atoms with Gasteiger partial charge in [0.1, 0.15) is 5.82 Å². The number of hydrogen-bond donors (Lipinski definition) is 1. The Morgan fingerprint density at radius 2 is 2.11 bits per heavy atom. The molecule has 1 atom stereocenters. The molecule has 1 aliphatic carbocycles. The van der Waals surface area contributed by atoms with Crippen LogP contribution in [-0.4, -0.2) is 9.78 Å². The fourth-order valence-electron chi connectivity index (χ4n) is 2.55. The Balaban J connectivity index is 1.87. The molecule has 0 amide bonds. The lowest BCUT2D eigenvalue weighted by atomic mass is 9.94. The van der Waals surface area contributed by atoms with E-state index in [0.717, 1.165) is 24.8 Å². The van der Waals surface area contributed by atoms with E-state index in [0.29, 0.717) is 6.54 Å². The summed E-state index contributed by atoms with van der Waals surface area (Å²) >= 11 is 0. The zero-order valence-electron chi connectivity index (χ0n) is 10.1. The third-order valence-corrected chi connectivity index (χ3v) is 3.55. The van der Waals surface area contributed by atoms with Crippen LogP contribution in [0.5, 0.6) is 0 Å². The molecule has 1 unspecified atom stereocenters. The van der Waals surface area contributed by atoms with Gasteiger partial charge in [0.25, 0.3) is 0 Å². The maximum absolute atomic E-state index is 12.9. The fraction of sp³-hybridized carbons (Fsp3) is 0.357. The Morgan fingerprint density at radius 1 is 1.33 bits per heavy atom. The lowest BCUT2D eigenvalue weighted by molar-refractivity contribution is 0.537. The van der Waals surface area contributed by atoms with Crippen LogP contribution in [0, 0.1) is 5.82 Å². The van der Waals surface area contributed by atoms with Gasteiger partial charge >= 0.3 is 0 Å². The smallest absolute Gasteiger partial charge is 0.123 e. The summed E-state index contributed by atoms with van der Waals surface area (Å²) in [7, 11) is 0. The van der Waals surface area contributed by atoms with Crippen molar-refractivity contribution in [2.75, 3.05) is 0 Å². The van der Waals surface area contributed by atoms with Crippen molar-refractivity contribution in [3.63, 3.8) is 0 Å². The summed E-state index contributed by atoms with van der Waals surface area (Å²) in [5, 5.41) is 4.41. The van der Waals surface area contributed by atoms with Crippen LogP contribution in [0.15, 0.2) is 30.5 Å². The lowest BCUT2D eigenvalue weighted by Crippen LogP contribution is -2.18. The van der Waals surface area contributed by atoms with Crippen LogP contribution in [0.2, 0.25) is 0 Å². The van der Waals surface area contributed by atoms with E-state index in [-0.39, 0.29) is 11.9 Å². The molecule has 0 saturated heterocycles.